The summed E-state index contributed by atoms with van der Waals surface area (Å²) in [6.07, 6.45) is 0. The Morgan fingerprint density at radius 3 is 1.83 bits per heavy atom. The summed E-state index contributed by atoms with van der Waals surface area (Å²) in [6, 6.07) is 38.4. The molecule has 1 aliphatic heterocycles. The topological polar surface area (TPSA) is 3.24 Å². The second kappa shape index (κ2) is 8.09. The van der Waals surface area contributed by atoms with Crippen molar-refractivity contribution in [2.45, 2.75) is 20.0 Å². The fourth-order valence-electron chi connectivity index (χ4n) is 4.19. The Morgan fingerprint density at radius 1 is 0.621 bits per heavy atom. The van der Waals surface area contributed by atoms with Gasteiger partial charge in [-0.15, -0.1) is 0 Å². The van der Waals surface area contributed by atoms with Crippen molar-refractivity contribution in [2.75, 3.05) is 4.90 Å². The molecule has 0 bridgehead atoms. The van der Waals surface area contributed by atoms with Crippen LogP contribution in [0.5, 0.6) is 0 Å². The van der Waals surface area contributed by atoms with Gasteiger partial charge in [-0.2, -0.15) is 0 Å². The third-order valence-corrected chi connectivity index (χ3v) is 13.1. The van der Waals surface area contributed by atoms with Crippen LogP contribution >= 0.6 is 0 Å². The Hall–Kier alpha value is -2.50. The Morgan fingerprint density at radius 2 is 1.21 bits per heavy atom. The van der Waals surface area contributed by atoms with Crippen molar-refractivity contribution in [3.8, 4) is 0 Å². The summed E-state index contributed by atoms with van der Waals surface area (Å²) in [6.45, 7) is 4.13. The molecular weight excluding hydrogens is 460 g/mol. The molecule has 4 aromatic carbocycles. The van der Waals surface area contributed by atoms with Crippen LogP contribution in [0.2, 0.25) is 0 Å². The second-order valence-electron chi connectivity index (χ2n) is 7.62. The molecule has 0 unspecified atom stereocenters. The number of rotatable bonds is 2. The molecule has 2 heteroatoms. The van der Waals surface area contributed by atoms with Gasteiger partial charge in [-0.05, 0) is 0 Å². The third kappa shape index (κ3) is 3.72. The predicted octanol–water partition coefficient (Wildman–Crippen LogP) is 4.03. The molecule has 0 N–H and O–H groups in total. The van der Waals surface area contributed by atoms with E-state index in [-0.39, 0.29) is 0 Å². The average Bonchev–Trinajstić information content (AvgIpc) is 2.75. The van der Waals surface area contributed by atoms with Crippen LogP contribution in [0, 0.1) is 6.92 Å². The molecule has 1 heterocycles. The van der Waals surface area contributed by atoms with Crippen LogP contribution < -0.4 is 15.4 Å². The fraction of sp³-hybridized carbons (Fsp3) is 0.111. The van der Waals surface area contributed by atoms with Crippen molar-refractivity contribution in [1.82, 2.24) is 0 Å². The minimum atomic E-state index is -2.10. The quantitative estimate of drug-likeness (QED) is 0.389. The molecule has 4 aromatic rings. The number of nitrogens with zero attached hydrogens (tertiary/aromatic N) is 1. The van der Waals surface area contributed by atoms with E-state index in [0.717, 1.165) is 13.1 Å². The molecule has 5 rings (SSSR count). The molecule has 0 spiro atoms. The van der Waals surface area contributed by atoms with Crippen molar-refractivity contribution in [1.29, 1.82) is 0 Å². The van der Waals surface area contributed by atoms with Crippen molar-refractivity contribution < 1.29 is 0 Å². The van der Waals surface area contributed by atoms with E-state index in [4.69, 9.17) is 0 Å². The van der Waals surface area contributed by atoms with Crippen LogP contribution in [0.4, 0.5) is 5.69 Å². The zero-order valence-electron chi connectivity index (χ0n) is 16.6. The van der Waals surface area contributed by atoms with Crippen LogP contribution in [0.1, 0.15) is 16.7 Å². The van der Waals surface area contributed by atoms with Crippen molar-refractivity contribution in [3.05, 3.63) is 120 Å². The summed E-state index contributed by atoms with van der Waals surface area (Å²) in [4.78, 5) is 2.52. The third-order valence-electron chi connectivity index (χ3n) is 5.57. The Balaban J connectivity index is 1.72. The number of aryl methyl sites for hydroxylation is 1. The first kappa shape index (κ1) is 18.5. The number of hydrogen-bond acceptors (Lipinski definition) is 1. The Labute approximate surface area is 180 Å². The summed E-state index contributed by atoms with van der Waals surface area (Å²) in [5.41, 5.74) is 5.61. The van der Waals surface area contributed by atoms with Gasteiger partial charge < -0.3 is 0 Å². The molecule has 0 atom stereocenters. The zero-order valence-corrected chi connectivity index (χ0v) is 19.2. The molecule has 0 aliphatic carbocycles. The maximum absolute atomic E-state index is 2.52. The molecular formula is C27H24NSb. The number of fused-ring (bicyclic) bond motifs is 2. The zero-order chi connectivity index (χ0) is 19.6. The van der Waals surface area contributed by atoms with Gasteiger partial charge in [0.2, 0.25) is 0 Å². The molecule has 142 valence electrons. The van der Waals surface area contributed by atoms with Crippen LogP contribution in [-0.2, 0) is 13.1 Å². The summed E-state index contributed by atoms with van der Waals surface area (Å²) in [5.74, 6) is 0. The Bertz CT molecular complexity index is 1090. The van der Waals surface area contributed by atoms with Crippen LogP contribution in [0.3, 0.4) is 0 Å². The van der Waals surface area contributed by atoms with Gasteiger partial charge >= 0.3 is 181 Å². The molecule has 0 saturated carbocycles. The molecule has 0 saturated heterocycles. The molecule has 1 nitrogen and oxygen atoms in total. The summed E-state index contributed by atoms with van der Waals surface area (Å²) < 4.78 is 4.74. The SMILES string of the molecule is Cc1ccc[c]([Sb]2[c]3ccccc3CN(c3ccccc3)Cc3cccc[c]32)c1. The van der Waals surface area contributed by atoms with Crippen LogP contribution in [0.15, 0.2) is 103 Å². The van der Waals surface area contributed by atoms with E-state index in [1.807, 2.05) is 0 Å². The van der Waals surface area contributed by atoms with Gasteiger partial charge in [0.25, 0.3) is 0 Å². The molecule has 0 amide bonds. The summed E-state index contributed by atoms with van der Waals surface area (Å²) >= 11 is -2.10. The van der Waals surface area contributed by atoms with Crippen molar-refractivity contribution >= 4 is 36.4 Å². The minimum absolute atomic E-state index is 0.959. The first-order valence-electron chi connectivity index (χ1n) is 10.1. The molecule has 0 fully saturated rings. The van der Waals surface area contributed by atoms with Gasteiger partial charge in [0, 0.05) is 0 Å². The fourth-order valence-corrected chi connectivity index (χ4v) is 11.9. The standard InChI is InChI=1S/C20H17N.C7H7.Sb/c1-4-10-18(11-5-1)16-21(20-14-8-3-9-15-20)17-19-12-6-2-7-13-19;1-7-5-3-2-4-6-7;/h1-10,12,14-15H,16-17H2;2-3,5-6H,1H3;. The number of benzene rings is 4. The molecule has 0 radical (unpaired) electrons. The molecule has 29 heavy (non-hydrogen) atoms. The van der Waals surface area contributed by atoms with E-state index in [1.54, 1.807) is 10.5 Å². The van der Waals surface area contributed by atoms with Gasteiger partial charge in [0.1, 0.15) is 0 Å². The van der Waals surface area contributed by atoms with Crippen LogP contribution in [0.25, 0.3) is 0 Å². The number of para-hydroxylation sites is 1. The summed E-state index contributed by atoms with van der Waals surface area (Å²) in [5, 5.41) is 0. The van der Waals surface area contributed by atoms with E-state index in [9.17, 15) is 0 Å². The van der Waals surface area contributed by atoms with Gasteiger partial charge in [-0.3, -0.25) is 0 Å². The van der Waals surface area contributed by atoms with Gasteiger partial charge in [0.15, 0.2) is 0 Å². The predicted molar refractivity (Wildman–Crippen MR) is 125 cm³/mol. The van der Waals surface area contributed by atoms with E-state index in [2.05, 4.69) is 115 Å². The van der Waals surface area contributed by atoms with Gasteiger partial charge in [-0.1, -0.05) is 0 Å². The van der Waals surface area contributed by atoms with Crippen molar-refractivity contribution in [2.24, 2.45) is 0 Å². The monoisotopic (exact) mass is 483 g/mol. The van der Waals surface area contributed by atoms with E-state index < -0.39 is 20.2 Å². The van der Waals surface area contributed by atoms with E-state index >= 15 is 0 Å². The van der Waals surface area contributed by atoms with Gasteiger partial charge in [-0.25, -0.2) is 0 Å². The number of anilines is 1. The molecule has 0 aromatic heterocycles. The van der Waals surface area contributed by atoms with E-state index in [0.29, 0.717) is 0 Å². The molecule has 1 aliphatic rings. The first-order chi connectivity index (χ1) is 14.3. The van der Waals surface area contributed by atoms with Gasteiger partial charge in [0.05, 0.1) is 0 Å². The number of hydrogen-bond donors (Lipinski definition) is 0. The Kier molecular flexibility index (Phi) is 5.17. The second-order valence-corrected chi connectivity index (χ2v) is 13.8. The first-order valence-corrected chi connectivity index (χ1v) is 13.9. The average molecular weight is 484 g/mol. The van der Waals surface area contributed by atoms with Crippen LogP contribution in [-0.4, -0.2) is 20.2 Å². The summed E-state index contributed by atoms with van der Waals surface area (Å²) in [7, 11) is 0. The maximum atomic E-state index is 2.52. The van der Waals surface area contributed by atoms with Crippen molar-refractivity contribution in [3.63, 3.8) is 0 Å². The normalized spacial score (nSPS) is 13.9. The van der Waals surface area contributed by atoms with E-state index in [1.165, 1.54) is 22.4 Å².